The Labute approximate surface area is 150 Å². The van der Waals surface area contributed by atoms with Crippen LogP contribution in [0.1, 0.15) is 24.1 Å². The first kappa shape index (κ1) is 16.1. The molecule has 2 aromatic carbocycles. The number of rotatable bonds is 3. The number of aromatic nitrogens is 1. The summed E-state index contributed by atoms with van der Waals surface area (Å²) in [6, 6.07) is 15.6. The second kappa shape index (κ2) is 6.19. The zero-order chi connectivity index (χ0) is 18.3. The lowest BCUT2D eigenvalue weighted by atomic mass is 10.0. The topological polar surface area (TPSA) is 73.4 Å². The number of para-hydroxylation sites is 2. The largest absolute Gasteiger partial charge is 0.478 e. The highest BCUT2D eigenvalue weighted by molar-refractivity contribution is 6.07. The fourth-order valence-corrected chi connectivity index (χ4v) is 3.59. The summed E-state index contributed by atoms with van der Waals surface area (Å²) in [5.41, 5.74) is 3.99. The zero-order valence-corrected chi connectivity index (χ0v) is 14.3. The number of benzene rings is 2. The van der Waals surface area contributed by atoms with Gasteiger partial charge in [-0.1, -0.05) is 36.4 Å². The quantitative estimate of drug-likeness (QED) is 0.708. The molecule has 2 N–H and O–H groups in total. The maximum atomic E-state index is 12.9. The monoisotopic (exact) mass is 346 g/mol. The van der Waals surface area contributed by atoms with Gasteiger partial charge in [0.25, 0.3) is 5.91 Å². The molecule has 0 saturated carbocycles. The van der Waals surface area contributed by atoms with Gasteiger partial charge in [0.05, 0.1) is 6.04 Å². The van der Waals surface area contributed by atoms with Gasteiger partial charge in [0.2, 0.25) is 0 Å². The summed E-state index contributed by atoms with van der Waals surface area (Å²) in [5, 5.41) is 10.2. The first-order chi connectivity index (χ1) is 12.6. The van der Waals surface area contributed by atoms with E-state index in [0.29, 0.717) is 6.42 Å². The molecule has 0 fully saturated rings. The third-order valence-corrected chi connectivity index (χ3v) is 4.87. The molecular weight excluding hydrogens is 328 g/mol. The van der Waals surface area contributed by atoms with Gasteiger partial charge in [-0.25, -0.2) is 4.79 Å². The van der Waals surface area contributed by atoms with Crippen LogP contribution in [0.5, 0.6) is 0 Å². The molecule has 0 spiro atoms. The third kappa shape index (κ3) is 2.58. The van der Waals surface area contributed by atoms with Crippen molar-refractivity contribution in [2.75, 3.05) is 4.90 Å². The van der Waals surface area contributed by atoms with Crippen LogP contribution < -0.4 is 4.90 Å². The van der Waals surface area contributed by atoms with Gasteiger partial charge in [-0.3, -0.25) is 4.79 Å². The van der Waals surface area contributed by atoms with Crippen molar-refractivity contribution in [3.05, 3.63) is 77.5 Å². The molecule has 1 amide bonds. The number of anilines is 1. The molecule has 5 heteroatoms. The number of nitrogens with zero attached hydrogens (tertiary/aromatic N) is 1. The van der Waals surface area contributed by atoms with E-state index in [9.17, 15) is 9.59 Å². The van der Waals surface area contributed by atoms with Crippen molar-refractivity contribution < 1.29 is 14.7 Å². The van der Waals surface area contributed by atoms with Crippen LogP contribution in [0.3, 0.4) is 0 Å². The lowest BCUT2D eigenvalue weighted by molar-refractivity contribution is -0.132. The number of carboxylic acid groups (broad SMARTS) is 1. The van der Waals surface area contributed by atoms with Crippen LogP contribution in [-0.4, -0.2) is 22.0 Å². The predicted octanol–water partition coefficient (Wildman–Crippen LogP) is 3.83. The Kier molecular flexibility index (Phi) is 3.84. The summed E-state index contributed by atoms with van der Waals surface area (Å²) < 4.78 is 0. The molecular formula is C21H18N2O3. The summed E-state index contributed by atoms with van der Waals surface area (Å²) >= 11 is 0. The number of fused-ring (bicyclic) bond motifs is 2. The summed E-state index contributed by atoms with van der Waals surface area (Å²) in [5.74, 6) is -1.40. The van der Waals surface area contributed by atoms with Gasteiger partial charge in [-0.15, -0.1) is 0 Å². The molecule has 1 atom stereocenters. The Morgan fingerprint density at radius 2 is 1.88 bits per heavy atom. The van der Waals surface area contributed by atoms with Crippen molar-refractivity contribution in [2.24, 2.45) is 0 Å². The maximum absolute atomic E-state index is 12.9. The molecule has 0 radical (unpaired) electrons. The number of H-pyrrole nitrogens is 1. The maximum Gasteiger partial charge on any atom is 0.331 e. The number of amides is 1. The lowest BCUT2D eigenvalue weighted by Crippen LogP contribution is -2.31. The number of aromatic amines is 1. The molecule has 26 heavy (non-hydrogen) atoms. The lowest BCUT2D eigenvalue weighted by Gasteiger charge is -2.24. The van der Waals surface area contributed by atoms with Crippen molar-refractivity contribution >= 4 is 28.5 Å². The number of hydrogen-bond acceptors (Lipinski definition) is 2. The van der Waals surface area contributed by atoms with Crippen LogP contribution in [-0.2, 0) is 16.0 Å². The van der Waals surface area contributed by atoms with Crippen LogP contribution in [0.2, 0.25) is 0 Å². The van der Waals surface area contributed by atoms with E-state index < -0.39 is 5.97 Å². The molecule has 5 nitrogen and oxygen atoms in total. The highest BCUT2D eigenvalue weighted by Gasteiger charge is 2.35. The molecule has 1 aliphatic rings. The van der Waals surface area contributed by atoms with E-state index >= 15 is 0 Å². The fraction of sp³-hybridized carbons (Fsp3) is 0.143. The molecule has 1 aliphatic heterocycles. The van der Waals surface area contributed by atoms with Gasteiger partial charge >= 0.3 is 5.97 Å². The van der Waals surface area contributed by atoms with Gasteiger partial charge in [0.15, 0.2) is 0 Å². The van der Waals surface area contributed by atoms with Crippen molar-refractivity contribution in [3.8, 4) is 0 Å². The predicted molar refractivity (Wildman–Crippen MR) is 100 cm³/mol. The molecule has 3 aromatic rings. The van der Waals surface area contributed by atoms with Gasteiger partial charge in [-0.05, 0) is 31.0 Å². The zero-order valence-electron chi connectivity index (χ0n) is 14.3. The number of carbonyl (C=O) groups is 2. The second-order valence-electron chi connectivity index (χ2n) is 6.48. The first-order valence-corrected chi connectivity index (χ1v) is 8.45. The van der Waals surface area contributed by atoms with Crippen LogP contribution in [0.4, 0.5) is 5.69 Å². The fourth-order valence-electron chi connectivity index (χ4n) is 3.59. The average molecular weight is 346 g/mol. The van der Waals surface area contributed by atoms with Crippen molar-refractivity contribution in [3.63, 3.8) is 0 Å². The van der Waals surface area contributed by atoms with E-state index in [1.54, 1.807) is 4.90 Å². The molecule has 130 valence electrons. The normalized spacial score (nSPS) is 16.7. The number of hydrogen-bond donors (Lipinski definition) is 2. The molecule has 0 aliphatic carbocycles. The summed E-state index contributed by atoms with van der Waals surface area (Å²) in [7, 11) is 0. The van der Waals surface area contributed by atoms with E-state index in [1.165, 1.54) is 13.0 Å². The number of nitrogens with one attached hydrogen (secondary N) is 1. The van der Waals surface area contributed by atoms with Gasteiger partial charge < -0.3 is 15.0 Å². The van der Waals surface area contributed by atoms with Crippen molar-refractivity contribution in [1.29, 1.82) is 0 Å². The number of aliphatic carboxylic acids is 1. The average Bonchev–Trinajstić information content (AvgIpc) is 3.22. The van der Waals surface area contributed by atoms with E-state index in [1.807, 2.05) is 54.7 Å². The number of carbonyl (C=O) groups excluding carboxylic acids is 1. The molecule has 0 bridgehead atoms. The Hall–Kier alpha value is -3.34. The SMILES string of the molecule is C/C(=C/C(=O)N1c2ccccc2CC1c1c[nH]c2ccccc12)C(=O)O. The smallest absolute Gasteiger partial charge is 0.331 e. The Morgan fingerprint density at radius 3 is 2.69 bits per heavy atom. The van der Waals surface area contributed by atoms with Crippen molar-refractivity contribution in [2.45, 2.75) is 19.4 Å². The first-order valence-electron chi connectivity index (χ1n) is 8.45. The number of carboxylic acids is 1. The second-order valence-corrected chi connectivity index (χ2v) is 6.48. The van der Waals surface area contributed by atoms with Crippen LogP contribution >= 0.6 is 0 Å². The van der Waals surface area contributed by atoms with Crippen LogP contribution in [0.25, 0.3) is 10.9 Å². The molecule has 0 saturated heterocycles. The highest BCUT2D eigenvalue weighted by atomic mass is 16.4. The van der Waals surface area contributed by atoms with E-state index in [-0.39, 0.29) is 17.5 Å². The van der Waals surface area contributed by atoms with Crippen LogP contribution in [0, 0.1) is 0 Å². The standard InChI is InChI=1S/C21H18N2O3/c1-13(21(25)26)10-20(24)23-18-9-5-2-6-14(18)11-19(23)16-12-22-17-8-4-3-7-15(16)17/h2-10,12,19,22H,11H2,1H3,(H,25,26)/b13-10-. The minimum atomic E-state index is -1.09. The van der Waals surface area contributed by atoms with Gasteiger partial charge in [-0.2, -0.15) is 0 Å². The van der Waals surface area contributed by atoms with E-state index in [4.69, 9.17) is 5.11 Å². The molecule has 1 unspecified atom stereocenters. The Bertz CT molecular complexity index is 1050. The minimum absolute atomic E-state index is 0.0251. The highest BCUT2D eigenvalue weighted by Crippen LogP contribution is 2.42. The van der Waals surface area contributed by atoms with Gasteiger partial charge in [0, 0.05) is 40.0 Å². The van der Waals surface area contributed by atoms with E-state index in [2.05, 4.69) is 4.98 Å². The third-order valence-electron chi connectivity index (χ3n) is 4.87. The van der Waals surface area contributed by atoms with E-state index in [0.717, 1.165) is 27.7 Å². The Morgan fingerprint density at radius 1 is 1.15 bits per heavy atom. The summed E-state index contributed by atoms with van der Waals surface area (Å²) in [6.07, 6.45) is 3.84. The van der Waals surface area contributed by atoms with Crippen LogP contribution in [0.15, 0.2) is 66.4 Å². The molecule has 2 heterocycles. The summed E-state index contributed by atoms with van der Waals surface area (Å²) in [6.45, 7) is 1.43. The molecule has 1 aromatic heterocycles. The summed E-state index contributed by atoms with van der Waals surface area (Å²) in [4.78, 5) is 29.0. The van der Waals surface area contributed by atoms with Crippen molar-refractivity contribution in [1.82, 2.24) is 4.98 Å². The molecule has 4 rings (SSSR count). The Balaban J connectivity index is 1.82. The minimum Gasteiger partial charge on any atom is -0.478 e. The van der Waals surface area contributed by atoms with Gasteiger partial charge in [0.1, 0.15) is 0 Å².